The summed E-state index contributed by atoms with van der Waals surface area (Å²) in [5.41, 5.74) is 2.32. The highest BCUT2D eigenvalue weighted by Gasteiger charge is 2.28. The van der Waals surface area contributed by atoms with Gasteiger partial charge in [-0.1, -0.05) is 42.5 Å². The molecule has 0 unspecified atom stereocenters. The van der Waals surface area contributed by atoms with Gasteiger partial charge in [-0.25, -0.2) is 17.4 Å². The lowest BCUT2D eigenvalue weighted by molar-refractivity contribution is 0.407. The van der Waals surface area contributed by atoms with Crippen molar-refractivity contribution < 1.29 is 8.42 Å². The van der Waals surface area contributed by atoms with E-state index < -0.39 is 10.0 Å². The Morgan fingerprint density at radius 1 is 0.935 bits per heavy atom. The molecule has 1 N–H and O–H groups in total. The molecule has 0 amide bonds. The number of aromatic nitrogens is 2. The Morgan fingerprint density at radius 3 is 2.39 bits per heavy atom. The summed E-state index contributed by atoms with van der Waals surface area (Å²) in [6.07, 6.45) is 0. The lowest BCUT2D eigenvalue weighted by Crippen LogP contribution is -2.54. The Morgan fingerprint density at radius 2 is 1.61 bits per heavy atom. The quantitative estimate of drug-likeness (QED) is 0.529. The summed E-state index contributed by atoms with van der Waals surface area (Å²) in [5.74, 6) is 0.464. The van der Waals surface area contributed by atoms with Crippen LogP contribution in [0.4, 0.5) is 5.69 Å². The monoisotopic (exact) mass is 434 g/mol. The van der Waals surface area contributed by atoms with Gasteiger partial charge in [-0.15, -0.1) is 0 Å². The van der Waals surface area contributed by atoms with E-state index in [2.05, 4.69) is 24.1 Å². The summed E-state index contributed by atoms with van der Waals surface area (Å²) < 4.78 is 29.1. The fraction of sp³-hybridized carbons (Fsp3) is 0.292. The number of anilines is 1. The van der Waals surface area contributed by atoms with E-state index in [4.69, 9.17) is 4.98 Å². The van der Waals surface area contributed by atoms with Crippen molar-refractivity contribution in [3.8, 4) is 0 Å². The third-order valence-corrected chi connectivity index (χ3v) is 7.80. The highest BCUT2D eigenvalue weighted by molar-refractivity contribution is 7.90. The van der Waals surface area contributed by atoms with Crippen molar-refractivity contribution in [3.05, 3.63) is 66.5 Å². The van der Waals surface area contributed by atoms with Crippen LogP contribution in [-0.2, 0) is 10.0 Å². The number of nitrogens with zero attached hydrogens (tertiary/aromatic N) is 3. The molecule has 0 saturated carbocycles. The van der Waals surface area contributed by atoms with Gasteiger partial charge >= 0.3 is 0 Å². The summed E-state index contributed by atoms with van der Waals surface area (Å²) in [5, 5.41) is 5.16. The van der Waals surface area contributed by atoms with Crippen LogP contribution in [-0.4, -0.2) is 42.5 Å². The molecule has 6 nitrogen and oxygen atoms in total. The highest BCUT2D eigenvalue weighted by atomic mass is 32.2. The van der Waals surface area contributed by atoms with E-state index in [0.29, 0.717) is 33.7 Å². The van der Waals surface area contributed by atoms with Crippen LogP contribution < -0.4 is 10.2 Å². The number of aryl methyl sites for hydroxylation is 1. The fourth-order valence-electron chi connectivity index (χ4n) is 4.78. The lowest BCUT2D eigenvalue weighted by atomic mass is 10.1. The van der Waals surface area contributed by atoms with Crippen LogP contribution in [0.15, 0.2) is 65.6 Å². The summed E-state index contributed by atoms with van der Waals surface area (Å²) in [4.78, 5) is 7.33. The summed E-state index contributed by atoms with van der Waals surface area (Å²) in [7, 11) is -3.83. The van der Waals surface area contributed by atoms with Gasteiger partial charge in [-0.3, -0.25) is 0 Å². The van der Waals surface area contributed by atoms with Crippen LogP contribution >= 0.6 is 0 Å². The molecule has 0 spiro atoms. The van der Waals surface area contributed by atoms with Crippen molar-refractivity contribution >= 4 is 37.5 Å². The Balaban J connectivity index is 1.70. The molecular formula is C24H26N4O2S. The molecule has 0 bridgehead atoms. The predicted octanol–water partition coefficient (Wildman–Crippen LogP) is 3.92. The topological polar surface area (TPSA) is 67.2 Å². The Bertz CT molecular complexity index is 1380. The first-order chi connectivity index (χ1) is 14.9. The number of piperazine rings is 1. The molecular weight excluding hydrogens is 408 g/mol. The zero-order valence-electron chi connectivity index (χ0n) is 17.9. The van der Waals surface area contributed by atoms with Crippen molar-refractivity contribution in [1.29, 1.82) is 0 Å². The number of hydrogen-bond donors (Lipinski definition) is 1. The average Bonchev–Trinajstić information content (AvgIpc) is 3.09. The van der Waals surface area contributed by atoms with Gasteiger partial charge in [-0.2, -0.15) is 0 Å². The molecule has 0 radical (unpaired) electrons. The van der Waals surface area contributed by atoms with Crippen LogP contribution in [0.25, 0.3) is 21.8 Å². The largest absolute Gasteiger partial charge is 0.367 e. The van der Waals surface area contributed by atoms with Crippen LogP contribution in [0.5, 0.6) is 0 Å². The van der Waals surface area contributed by atoms with Gasteiger partial charge < -0.3 is 10.2 Å². The average molecular weight is 435 g/mol. The second-order valence-corrected chi connectivity index (χ2v) is 10.2. The standard InChI is InChI=1S/C24H26N4O2S/c1-16-14-27(15-17(2)25-16)21-11-7-12-22-24(21)26-18(3)28(22)31(29,30)23-13-6-9-19-8-4-5-10-20(19)23/h4-13,16-17,25H,14-15H2,1-3H3/t16-,17+. The van der Waals surface area contributed by atoms with E-state index in [1.807, 2.05) is 48.5 Å². The molecule has 1 fully saturated rings. The Kier molecular flexibility index (Phi) is 4.75. The van der Waals surface area contributed by atoms with Gasteiger partial charge in [0.1, 0.15) is 11.3 Å². The zero-order chi connectivity index (χ0) is 21.8. The predicted molar refractivity (Wildman–Crippen MR) is 125 cm³/mol. The molecule has 2 atom stereocenters. The minimum Gasteiger partial charge on any atom is -0.367 e. The fourth-order valence-corrected chi connectivity index (χ4v) is 6.49. The SMILES string of the molecule is Cc1nc2c(N3C[C@@H](C)N[C@@H](C)C3)cccc2n1S(=O)(=O)c1cccc2ccccc12. The number of benzene rings is 3. The Hall–Kier alpha value is -2.90. The van der Waals surface area contributed by atoms with Gasteiger partial charge in [0, 0.05) is 30.6 Å². The number of para-hydroxylation sites is 1. The second kappa shape index (κ2) is 7.35. The molecule has 1 saturated heterocycles. The molecule has 0 aliphatic carbocycles. The number of fused-ring (bicyclic) bond motifs is 2. The van der Waals surface area contributed by atoms with Crippen molar-refractivity contribution in [2.24, 2.45) is 0 Å². The molecule has 2 heterocycles. The van der Waals surface area contributed by atoms with E-state index in [-0.39, 0.29) is 0 Å². The molecule has 3 aromatic carbocycles. The number of imidazole rings is 1. The maximum atomic E-state index is 13.8. The minimum absolute atomic E-state index is 0.294. The summed E-state index contributed by atoms with van der Waals surface area (Å²) >= 11 is 0. The molecule has 31 heavy (non-hydrogen) atoms. The van der Waals surface area contributed by atoms with E-state index in [1.54, 1.807) is 19.1 Å². The van der Waals surface area contributed by atoms with Crippen LogP contribution in [0.3, 0.4) is 0 Å². The smallest absolute Gasteiger partial charge is 0.270 e. The second-order valence-electron chi connectivity index (χ2n) is 8.42. The van der Waals surface area contributed by atoms with Crippen LogP contribution in [0, 0.1) is 6.92 Å². The van der Waals surface area contributed by atoms with E-state index in [1.165, 1.54) is 3.97 Å². The van der Waals surface area contributed by atoms with Gasteiger partial charge in [-0.05, 0) is 44.4 Å². The third-order valence-electron chi connectivity index (χ3n) is 5.95. The number of nitrogens with one attached hydrogen (secondary N) is 1. The summed E-state index contributed by atoms with van der Waals surface area (Å²) in [6.45, 7) is 7.79. The van der Waals surface area contributed by atoms with Crippen molar-refractivity contribution in [2.45, 2.75) is 37.8 Å². The molecule has 7 heteroatoms. The summed E-state index contributed by atoms with van der Waals surface area (Å²) in [6, 6.07) is 19.5. The van der Waals surface area contributed by atoms with Gasteiger partial charge in [0.05, 0.1) is 16.1 Å². The lowest BCUT2D eigenvalue weighted by Gasteiger charge is -2.37. The normalized spacial score (nSPS) is 19.9. The molecule has 5 rings (SSSR count). The highest BCUT2D eigenvalue weighted by Crippen LogP contribution is 2.32. The van der Waals surface area contributed by atoms with Crippen LogP contribution in [0.1, 0.15) is 19.7 Å². The molecule has 1 aliphatic heterocycles. The van der Waals surface area contributed by atoms with Crippen molar-refractivity contribution in [1.82, 2.24) is 14.3 Å². The molecule has 4 aromatic rings. The first-order valence-corrected chi connectivity index (χ1v) is 12.0. The van der Waals surface area contributed by atoms with E-state index in [0.717, 1.165) is 29.7 Å². The molecule has 1 aromatic heterocycles. The van der Waals surface area contributed by atoms with Gasteiger partial charge in [0.2, 0.25) is 0 Å². The number of rotatable bonds is 3. The Labute approximate surface area is 182 Å². The van der Waals surface area contributed by atoms with Crippen molar-refractivity contribution in [2.75, 3.05) is 18.0 Å². The number of hydrogen-bond acceptors (Lipinski definition) is 5. The maximum Gasteiger partial charge on any atom is 0.270 e. The first-order valence-electron chi connectivity index (χ1n) is 10.6. The van der Waals surface area contributed by atoms with E-state index in [9.17, 15) is 8.42 Å². The maximum absolute atomic E-state index is 13.8. The van der Waals surface area contributed by atoms with Gasteiger partial charge in [0.25, 0.3) is 10.0 Å². The third kappa shape index (κ3) is 3.28. The molecule has 1 aliphatic rings. The minimum atomic E-state index is -3.83. The van der Waals surface area contributed by atoms with Gasteiger partial charge in [0.15, 0.2) is 0 Å². The van der Waals surface area contributed by atoms with Crippen molar-refractivity contribution in [3.63, 3.8) is 0 Å². The zero-order valence-corrected chi connectivity index (χ0v) is 18.7. The molecule has 160 valence electrons. The van der Waals surface area contributed by atoms with Crippen LogP contribution in [0.2, 0.25) is 0 Å². The van der Waals surface area contributed by atoms with E-state index >= 15 is 0 Å². The first kappa shape index (κ1) is 20.0.